The van der Waals surface area contributed by atoms with Gasteiger partial charge >= 0.3 is 0 Å². The van der Waals surface area contributed by atoms with Gasteiger partial charge in [0.25, 0.3) is 0 Å². The molecule has 1 aromatic rings. The Morgan fingerprint density at radius 3 is 2.38 bits per heavy atom. The van der Waals surface area contributed by atoms with Crippen molar-refractivity contribution in [2.75, 3.05) is 40.4 Å². The minimum atomic E-state index is 0. The number of ether oxygens (including phenoxy) is 2. The summed E-state index contributed by atoms with van der Waals surface area (Å²) in [6, 6.07) is 6.57. The summed E-state index contributed by atoms with van der Waals surface area (Å²) < 4.78 is 11.1. The molecule has 6 heteroatoms. The number of halogens is 2. The average molecular weight is 379 g/mol. The number of methoxy groups -OCH3 is 2. The number of benzene rings is 1. The lowest BCUT2D eigenvalue weighted by Crippen LogP contribution is -2.45. The summed E-state index contributed by atoms with van der Waals surface area (Å²) in [7, 11) is 3.48. The Balaban J connectivity index is 0.00000264. The fourth-order valence-electron chi connectivity index (χ4n) is 3.22. The van der Waals surface area contributed by atoms with Gasteiger partial charge in [-0.05, 0) is 24.6 Å². The number of unbranched alkanes of at least 4 members (excludes halogenated alkanes) is 2. The van der Waals surface area contributed by atoms with Crippen LogP contribution in [0.3, 0.4) is 0 Å². The second kappa shape index (κ2) is 12.6. The van der Waals surface area contributed by atoms with E-state index in [1.165, 1.54) is 31.2 Å². The summed E-state index contributed by atoms with van der Waals surface area (Å²) in [6.07, 6.45) is 4.97. The van der Waals surface area contributed by atoms with Gasteiger partial charge in [0.2, 0.25) is 0 Å². The van der Waals surface area contributed by atoms with E-state index < -0.39 is 0 Å². The van der Waals surface area contributed by atoms with Crippen molar-refractivity contribution in [3.8, 4) is 11.5 Å². The minimum Gasteiger partial charge on any atom is -0.497 e. The highest BCUT2D eigenvalue weighted by Crippen LogP contribution is 2.36. The predicted octanol–water partition coefficient (Wildman–Crippen LogP) is 4.07. The van der Waals surface area contributed by atoms with Crippen LogP contribution in [0.1, 0.15) is 44.2 Å². The van der Waals surface area contributed by atoms with E-state index in [0.29, 0.717) is 6.04 Å². The predicted molar refractivity (Wildman–Crippen MR) is 105 cm³/mol. The SMILES string of the molecule is CCCCC[C@@H](c1cc(OC)ccc1OC)N1CCNCC1.Cl.Cl. The summed E-state index contributed by atoms with van der Waals surface area (Å²) in [6.45, 7) is 6.58. The molecular formula is C18H32Cl2N2O2. The summed E-state index contributed by atoms with van der Waals surface area (Å²) in [5.74, 6) is 1.88. The minimum absolute atomic E-state index is 0. The molecule has 1 fully saturated rings. The Kier molecular flexibility index (Phi) is 12.3. The Morgan fingerprint density at radius 1 is 1.08 bits per heavy atom. The van der Waals surface area contributed by atoms with Gasteiger partial charge in [0.05, 0.1) is 14.2 Å². The smallest absolute Gasteiger partial charge is 0.123 e. The molecule has 2 rings (SSSR count). The second-order valence-electron chi connectivity index (χ2n) is 5.91. The van der Waals surface area contributed by atoms with Gasteiger partial charge in [0.15, 0.2) is 0 Å². The van der Waals surface area contributed by atoms with Crippen molar-refractivity contribution in [1.29, 1.82) is 0 Å². The number of nitrogens with one attached hydrogen (secondary N) is 1. The van der Waals surface area contributed by atoms with Crippen LogP contribution < -0.4 is 14.8 Å². The van der Waals surface area contributed by atoms with Crippen LogP contribution in [0.4, 0.5) is 0 Å². The number of piperazine rings is 1. The molecule has 0 spiro atoms. The standard InChI is InChI=1S/C18H30N2O2.2ClH/c1-4-5-6-7-17(20-12-10-19-11-13-20)16-14-15(21-2)8-9-18(16)22-3;;/h8-9,14,17,19H,4-7,10-13H2,1-3H3;2*1H/t17-;;/m0../s1. The summed E-state index contributed by atoms with van der Waals surface area (Å²) in [5, 5.41) is 3.44. The monoisotopic (exact) mass is 378 g/mol. The number of rotatable bonds is 8. The lowest BCUT2D eigenvalue weighted by molar-refractivity contribution is 0.159. The van der Waals surface area contributed by atoms with Crippen LogP contribution in [0.2, 0.25) is 0 Å². The van der Waals surface area contributed by atoms with E-state index in [9.17, 15) is 0 Å². The molecule has 140 valence electrons. The fourth-order valence-corrected chi connectivity index (χ4v) is 3.22. The zero-order valence-electron chi connectivity index (χ0n) is 15.0. The maximum absolute atomic E-state index is 5.63. The molecule has 24 heavy (non-hydrogen) atoms. The van der Waals surface area contributed by atoms with Gasteiger partial charge in [-0.25, -0.2) is 0 Å². The molecule has 4 nitrogen and oxygen atoms in total. The van der Waals surface area contributed by atoms with E-state index in [2.05, 4.69) is 23.2 Å². The van der Waals surface area contributed by atoms with Crippen LogP contribution in [-0.2, 0) is 0 Å². The van der Waals surface area contributed by atoms with Crippen molar-refractivity contribution in [2.24, 2.45) is 0 Å². The first kappa shape index (κ1) is 23.3. The van der Waals surface area contributed by atoms with Crippen molar-refractivity contribution < 1.29 is 9.47 Å². The quantitative estimate of drug-likeness (QED) is 0.691. The maximum atomic E-state index is 5.63. The Labute approximate surface area is 159 Å². The van der Waals surface area contributed by atoms with Gasteiger partial charge in [-0.15, -0.1) is 24.8 Å². The zero-order valence-corrected chi connectivity index (χ0v) is 16.7. The molecule has 1 heterocycles. The van der Waals surface area contributed by atoms with Gasteiger partial charge in [-0.1, -0.05) is 26.2 Å². The molecule has 1 atom stereocenters. The maximum Gasteiger partial charge on any atom is 0.123 e. The van der Waals surface area contributed by atoms with Crippen LogP contribution >= 0.6 is 24.8 Å². The molecule has 0 saturated carbocycles. The highest BCUT2D eigenvalue weighted by atomic mass is 35.5. The van der Waals surface area contributed by atoms with Gasteiger partial charge in [-0.3, -0.25) is 4.90 Å². The van der Waals surface area contributed by atoms with Crippen LogP contribution in [0.25, 0.3) is 0 Å². The first-order chi connectivity index (χ1) is 10.8. The van der Waals surface area contributed by atoms with Crippen LogP contribution in [0.5, 0.6) is 11.5 Å². The van der Waals surface area contributed by atoms with E-state index in [0.717, 1.165) is 37.7 Å². The third-order valence-electron chi connectivity index (χ3n) is 4.47. The summed E-state index contributed by atoms with van der Waals surface area (Å²) in [4.78, 5) is 2.59. The van der Waals surface area contributed by atoms with Gasteiger partial charge in [0.1, 0.15) is 11.5 Å². The normalized spacial score (nSPS) is 15.8. The number of hydrogen-bond acceptors (Lipinski definition) is 4. The number of hydrogen-bond donors (Lipinski definition) is 1. The first-order valence-electron chi connectivity index (χ1n) is 8.46. The zero-order chi connectivity index (χ0) is 15.8. The summed E-state index contributed by atoms with van der Waals surface area (Å²) in [5.41, 5.74) is 1.26. The van der Waals surface area contributed by atoms with E-state index >= 15 is 0 Å². The molecule has 1 aromatic carbocycles. The lowest BCUT2D eigenvalue weighted by atomic mass is 9.97. The molecule has 0 unspecified atom stereocenters. The Bertz CT molecular complexity index is 455. The van der Waals surface area contributed by atoms with Crippen LogP contribution in [0.15, 0.2) is 18.2 Å². The van der Waals surface area contributed by atoms with Crippen molar-refractivity contribution in [3.63, 3.8) is 0 Å². The summed E-state index contributed by atoms with van der Waals surface area (Å²) >= 11 is 0. The van der Waals surface area contributed by atoms with Gasteiger partial charge in [0, 0.05) is 37.8 Å². The molecule has 0 amide bonds. The molecule has 0 bridgehead atoms. The Morgan fingerprint density at radius 2 is 1.79 bits per heavy atom. The Hall–Kier alpha value is -0.680. The first-order valence-corrected chi connectivity index (χ1v) is 8.46. The fraction of sp³-hybridized carbons (Fsp3) is 0.667. The average Bonchev–Trinajstić information content (AvgIpc) is 2.59. The molecule has 0 radical (unpaired) electrons. The van der Waals surface area contributed by atoms with Crippen molar-refractivity contribution in [3.05, 3.63) is 23.8 Å². The van der Waals surface area contributed by atoms with Crippen LogP contribution in [0, 0.1) is 0 Å². The molecular weight excluding hydrogens is 347 g/mol. The van der Waals surface area contributed by atoms with E-state index in [4.69, 9.17) is 9.47 Å². The third kappa shape index (κ3) is 6.32. The molecule has 1 saturated heterocycles. The second-order valence-corrected chi connectivity index (χ2v) is 5.91. The third-order valence-corrected chi connectivity index (χ3v) is 4.47. The van der Waals surface area contributed by atoms with Crippen molar-refractivity contribution in [1.82, 2.24) is 10.2 Å². The largest absolute Gasteiger partial charge is 0.497 e. The van der Waals surface area contributed by atoms with Gasteiger partial charge < -0.3 is 14.8 Å². The van der Waals surface area contributed by atoms with Gasteiger partial charge in [-0.2, -0.15) is 0 Å². The van der Waals surface area contributed by atoms with Crippen LogP contribution in [-0.4, -0.2) is 45.3 Å². The molecule has 0 aromatic heterocycles. The highest BCUT2D eigenvalue weighted by Gasteiger charge is 2.25. The van der Waals surface area contributed by atoms with E-state index in [-0.39, 0.29) is 24.8 Å². The van der Waals surface area contributed by atoms with Crippen molar-refractivity contribution >= 4 is 24.8 Å². The van der Waals surface area contributed by atoms with Crippen molar-refractivity contribution in [2.45, 2.75) is 38.6 Å². The van der Waals surface area contributed by atoms with E-state index in [1.54, 1.807) is 14.2 Å². The molecule has 1 aliphatic heterocycles. The topological polar surface area (TPSA) is 33.7 Å². The lowest BCUT2D eigenvalue weighted by Gasteiger charge is -2.36. The van der Waals surface area contributed by atoms with E-state index in [1.807, 2.05) is 12.1 Å². The molecule has 1 N–H and O–H groups in total. The highest BCUT2D eigenvalue weighted by molar-refractivity contribution is 5.85. The molecule has 1 aliphatic rings. The number of nitrogens with zero attached hydrogens (tertiary/aromatic N) is 1. The molecule has 0 aliphatic carbocycles.